The Hall–Kier alpha value is -0.570. The molecule has 0 radical (unpaired) electrons. The van der Waals surface area contributed by atoms with Crippen molar-refractivity contribution in [2.45, 2.75) is 52.6 Å². The summed E-state index contributed by atoms with van der Waals surface area (Å²) in [6.45, 7) is 7.38. The van der Waals surface area contributed by atoms with Crippen LogP contribution in [0, 0.1) is 0 Å². The summed E-state index contributed by atoms with van der Waals surface area (Å²) < 4.78 is 10.3. The van der Waals surface area contributed by atoms with Gasteiger partial charge in [0.05, 0.1) is 6.10 Å². The van der Waals surface area contributed by atoms with Crippen LogP contribution < -0.4 is 0 Å². The first-order valence-electron chi connectivity index (χ1n) is 5.44. The Morgan fingerprint density at radius 1 is 1.21 bits per heavy atom. The van der Waals surface area contributed by atoms with Gasteiger partial charge in [0.2, 0.25) is 0 Å². The minimum absolute atomic E-state index is 0.00107. The second-order valence-electron chi connectivity index (χ2n) is 3.61. The minimum Gasteiger partial charge on any atom is -0.463 e. The van der Waals surface area contributed by atoms with E-state index in [1.54, 1.807) is 0 Å². The Labute approximate surface area is 86.8 Å². The fourth-order valence-corrected chi connectivity index (χ4v) is 1.04. The van der Waals surface area contributed by atoms with E-state index in [0.717, 1.165) is 32.5 Å². The monoisotopic (exact) mass is 202 g/mol. The van der Waals surface area contributed by atoms with Crippen LogP contribution >= 0.6 is 0 Å². The number of hydrogen-bond donors (Lipinski definition) is 0. The molecule has 0 N–H and O–H groups in total. The van der Waals surface area contributed by atoms with E-state index in [2.05, 4.69) is 6.92 Å². The number of hydrogen-bond acceptors (Lipinski definition) is 3. The molecule has 0 aromatic carbocycles. The SMILES string of the molecule is CCCOCCCCC(=O)OC(C)C. The van der Waals surface area contributed by atoms with Crippen LogP contribution in [-0.2, 0) is 14.3 Å². The largest absolute Gasteiger partial charge is 0.463 e. The normalized spacial score (nSPS) is 10.6. The summed E-state index contributed by atoms with van der Waals surface area (Å²) in [5.41, 5.74) is 0. The van der Waals surface area contributed by atoms with E-state index in [1.165, 1.54) is 0 Å². The van der Waals surface area contributed by atoms with Gasteiger partial charge in [0.1, 0.15) is 0 Å². The molecule has 0 bridgehead atoms. The summed E-state index contributed by atoms with van der Waals surface area (Å²) >= 11 is 0. The van der Waals surface area contributed by atoms with E-state index < -0.39 is 0 Å². The van der Waals surface area contributed by atoms with Crippen molar-refractivity contribution in [3.63, 3.8) is 0 Å². The van der Waals surface area contributed by atoms with Gasteiger partial charge >= 0.3 is 5.97 Å². The summed E-state index contributed by atoms with van der Waals surface area (Å²) in [6, 6.07) is 0. The number of unbranched alkanes of at least 4 members (excludes halogenated alkanes) is 1. The van der Waals surface area contributed by atoms with Gasteiger partial charge < -0.3 is 9.47 Å². The first kappa shape index (κ1) is 13.4. The third-order valence-corrected chi connectivity index (χ3v) is 1.64. The zero-order valence-corrected chi connectivity index (χ0v) is 9.54. The molecular formula is C11H22O3. The highest BCUT2D eigenvalue weighted by Crippen LogP contribution is 2.00. The van der Waals surface area contributed by atoms with Gasteiger partial charge in [-0.25, -0.2) is 0 Å². The molecule has 0 rings (SSSR count). The van der Waals surface area contributed by atoms with Crippen LogP contribution in [0.15, 0.2) is 0 Å². The average molecular weight is 202 g/mol. The number of carbonyl (C=O) groups excluding carboxylic acids is 1. The molecule has 0 aromatic rings. The van der Waals surface area contributed by atoms with E-state index in [-0.39, 0.29) is 12.1 Å². The fraction of sp³-hybridized carbons (Fsp3) is 0.909. The first-order valence-corrected chi connectivity index (χ1v) is 5.44. The molecule has 0 atom stereocenters. The Balaban J connectivity index is 3.15. The second-order valence-corrected chi connectivity index (χ2v) is 3.61. The smallest absolute Gasteiger partial charge is 0.306 e. The Morgan fingerprint density at radius 2 is 1.93 bits per heavy atom. The zero-order valence-electron chi connectivity index (χ0n) is 9.54. The molecule has 0 unspecified atom stereocenters. The summed E-state index contributed by atoms with van der Waals surface area (Å²) in [7, 11) is 0. The molecular weight excluding hydrogens is 180 g/mol. The van der Waals surface area contributed by atoms with Gasteiger partial charge in [0, 0.05) is 19.6 Å². The molecule has 3 heteroatoms. The van der Waals surface area contributed by atoms with Crippen LogP contribution in [0.2, 0.25) is 0 Å². The summed E-state index contributed by atoms with van der Waals surface area (Å²) in [5.74, 6) is -0.101. The molecule has 14 heavy (non-hydrogen) atoms. The third kappa shape index (κ3) is 9.52. The van der Waals surface area contributed by atoms with Crippen molar-refractivity contribution in [1.82, 2.24) is 0 Å². The van der Waals surface area contributed by atoms with Gasteiger partial charge in [-0.1, -0.05) is 6.92 Å². The molecule has 0 aliphatic rings. The predicted octanol–water partition coefficient (Wildman–Crippen LogP) is 2.53. The predicted molar refractivity (Wildman–Crippen MR) is 56.2 cm³/mol. The molecule has 3 nitrogen and oxygen atoms in total. The highest BCUT2D eigenvalue weighted by Gasteiger charge is 2.04. The molecule has 0 aromatic heterocycles. The Bertz CT molecular complexity index is 143. The van der Waals surface area contributed by atoms with Crippen molar-refractivity contribution in [2.24, 2.45) is 0 Å². The van der Waals surface area contributed by atoms with Crippen LogP contribution in [-0.4, -0.2) is 25.3 Å². The highest BCUT2D eigenvalue weighted by atomic mass is 16.5. The highest BCUT2D eigenvalue weighted by molar-refractivity contribution is 5.69. The summed E-state index contributed by atoms with van der Waals surface area (Å²) in [4.78, 5) is 11.1. The van der Waals surface area contributed by atoms with Crippen molar-refractivity contribution in [2.75, 3.05) is 13.2 Å². The Morgan fingerprint density at radius 3 is 2.50 bits per heavy atom. The van der Waals surface area contributed by atoms with Gasteiger partial charge in [-0.3, -0.25) is 4.79 Å². The zero-order chi connectivity index (χ0) is 10.8. The van der Waals surface area contributed by atoms with Crippen LogP contribution in [0.5, 0.6) is 0 Å². The molecule has 84 valence electrons. The third-order valence-electron chi connectivity index (χ3n) is 1.64. The number of esters is 1. The topological polar surface area (TPSA) is 35.5 Å². The van der Waals surface area contributed by atoms with E-state index in [9.17, 15) is 4.79 Å². The van der Waals surface area contributed by atoms with Crippen LogP contribution in [0.3, 0.4) is 0 Å². The van der Waals surface area contributed by atoms with Gasteiger partial charge in [0.25, 0.3) is 0 Å². The molecule has 0 saturated heterocycles. The fourth-order valence-electron chi connectivity index (χ4n) is 1.04. The van der Waals surface area contributed by atoms with Crippen LogP contribution in [0.1, 0.15) is 46.5 Å². The van der Waals surface area contributed by atoms with E-state index >= 15 is 0 Å². The molecule has 0 saturated carbocycles. The number of ether oxygens (including phenoxy) is 2. The lowest BCUT2D eigenvalue weighted by molar-refractivity contribution is -0.147. The number of carbonyl (C=O) groups is 1. The Kier molecular flexibility index (Phi) is 8.64. The second kappa shape index (κ2) is 9.00. The maximum atomic E-state index is 11.1. The average Bonchev–Trinajstić information content (AvgIpc) is 2.10. The van der Waals surface area contributed by atoms with Gasteiger partial charge in [-0.05, 0) is 33.1 Å². The van der Waals surface area contributed by atoms with Crippen LogP contribution in [0.25, 0.3) is 0 Å². The quantitative estimate of drug-likeness (QED) is 0.448. The van der Waals surface area contributed by atoms with Crippen molar-refractivity contribution in [3.05, 3.63) is 0 Å². The molecule has 0 heterocycles. The van der Waals surface area contributed by atoms with E-state index in [0.29, 0.717) is 6.42 Å². The van der Waals surface area contributed by atoms with E-state index in [4.69, 9.17) is 9.47 Å². The molecule has 0 amide bonds. The maximum absolute atomic E-state index is 11.1. The van der Waals surface area contributed by atoms with Crippen LogP contribution in [0.4, 0.5) is 0 Å². The van der Waals surface area contributed by atoms with Gasteiger partial charge in [-0.15, -0.1) is 0 Å². The lowest BCUT2D eigenvalue weighted by Crippen LogP contribution is -2.11. The summed E-state index contributed by atoms with van der Waals surface area (Å²) in [6.07, 6.45) is 3.35. The summed E-state index contributed by atoms with van der Waals surface area (Å²) in [5, 5.41) is 0. The molecule has 0 spiro atoms. The standard InChI is InChI=1S/C11H22O3/c1-4-8-13-9-6-5-7-11(12)14-10(2)3/h10H,4-9H2,1-3H3. The molecule has 0 aliphatic carbocycles. The van der Waals surface area contributed by atoms with Crippen molar-refractivity contribution < 1.29 is 14.3 Å². The molecule has 0 fully saturated rings. The lowest BCUT2D eigenvalue weighted by atomic mass is 10.2. The van der Waals surface area contributed by atoms with Gasteiger partial charge in [0.15, 0.2) is 0 Å². The molecule has 0 aliphatic heterocycles. The van der Waals surface area contributed by atoms with Crippen molar-refractivity contribution in [1.29, 1.82) is 0 Å². The van der Waals surface area contributed by atoms with E-state index in [1.807, 2.05) is 13.8 Å². The van der Waals surface area contributed by atoms with Gasteiger partial charge in [-0.2, -0.15) is 0 Å². The van der Waals surface area contributed by atoms with Crippen molar-refractivity contribution >= 4 is 5.97 Å². The minimum atomic E-state index is -0.101. The first-order chi connectivity index (χ1) is 6.66. The lowest BCUT2D eigenvalue weighted by Gasteiger charge is -2.07. The number of rotatable bonds is 8. The maximum Gasteiger partial charge on any atom is 0.306 e. The van der Waals surface area contributed by atoms with Crippen molar-refractivity contribution in [3.8, 4) is 0 Å².